The first kappa shape index (κ1) is 27.6. The normalized spacial score (nSPS) is 18.8. The molecule has 2 fully saturated rings. The number of nitrogens with zero attached hydrogens (tertiary/aromatic N) is 3. The van der Waals surface area contributed by atoms with E-state index >= 15 is 0 Å². The van der Waals surface area contributed by atoms with Crippen LogP contribution in [0.2, 0.25) is 0 Å². The fourth-order valence-electron chi connectivity index (χ4n) is 4.27. The number of aryl methyl sites for hydroxylation is 3. The molecule has 2 aliphatic heterocycles. The van der Waals surface area contributed by atoms with Crippen molar-refractivity contribution in [3.63, 3.8) is 0 Å². The summed E-state index contributed by atoms with van der Waals surface area (Å²) in [5.74, 6) is -2.08. The highest BCUT2D eigenvalue weighted by Gasteiger charge is 2.50. The van der Waals surface area contributed by atoms with Crippen molar-refractivity contribution in [3.8, 4) is 0 Å². The summed E-state index contributed by atoms with van der Waals surface area (Å²) in [6.07, 6.45) is -1.66. The number of carbonyl (C=O) groups excluding carboxylic acids is 1. The van der Waals surface area contributed by atoms with Gasteiger partial charge in [0.1, 0.15) is 16.9 Å². The van der Waals surface area contributed by atoms with Gasteiger partial charge in [-0.1, -0.05) is 18.1 Å². The quantitative estimate of drug-likeness (QED) is 0.619. The van der Waals surface area contributed by atoms with Crippen LogP contribution >= 0.6 is 0 Å². The molecule has 1 spiro atoms. The van der Waals surface area contributed by atoms with Gasteiger partial charge in [-0.15, -0.1) is 0 Å². The van der Waals surface area contributed by atoms with Crippen molar-refractivity contribution < 1.29 is 41.9 Å². The average molecular weight is 514 g/mol. The van der Waals surface area contributed by atoms with E-state index in [4.69, 9.17) is 23.9 Å². The molecule has 2 saturated heterocycles. The Labute approximate surface area is 206 Å². The van der Waals surface area contributed by atoms with Crippen molar-refractivity contribution in [2.24, 2.45) is 0 Å². The predicted molar refractivity (Wildman–Crippen MR) is 120 cm³/mol. The van der Waals surface area contributed by atoms with E-state index in [0.717, 1.165) is 37.1 Å². The molecule has 198 valence electrons. The first-order valence-electron chi connectivity index (χ1n) is 11.7. The van der Waals surface area contributed by atoms with Crippen LogP contribution in [0.25, 0.3) is 0 Å². The number of likely N-dealkylation sites (tertiary alicyclic amines) is 1. The van der Waals surface area contributed by atoms with Crippen LogP contribution in [-0.2, 0) is 27.3 Å². The van der Waals surface area contributed by atoms with Crippen LogP contribution in [0.1, 0.15) is 59.4 Å². The molecule has 0 radical (unpaired) electrons. The largest absolute Gasteiger partial charge is 0.490 e. The fourth-order valence-corrected chi connectivity index (χ4v) is 4.27. The van der Waals surface area contributed by atoms with E-state index in [-0.39, 0.29) is 17.6 Å². The van der Waals surface area contributed by atoms with Crippen LogP contribution in [0.3, 0.4) is 0 Å². The van der Waals surface area contributed by atoms with Crippen molar-refractivity contribution in [2.75, 3.05) is 19.7 Å². The number of rotatable bonds is 6. The summed E-state index contributed by atoms with van der Waals surface area (Å²) in [6.45, 7) is 8.21. The molecule has 0 aromatic carbocycles. The summed E-state index contributed by atoms with van der Waals surface area (Å²) in [5.41, 5.74) is 2.93. The third-order valence-corrected chi connectivity index (χ3v) is 5.97. The van der Waals surface area contributed by atoms with Crippen molar-refractivity contribution in [3.05, 3.63) is 46.6 Å². The lowest BCUT2D eigenvalue weighted by atomic mass is 9.84. The number of pyridine rings is 1. The van der Waals surface area contributed by atoms with E-state index in [1.165, 1.54) is 0 Å². The van der Waals surface area contributed by atoms with Gasteiger partial charge in [0.25, 0.3) is 5.91 Å². The first-order chi connectivity index (χ1) is 16.9. The maximum atomic E-state index is 13.0. The van der Waals surface area contributed by atoms with Crippen LogP contribution in [0, 0.1) is 13.8 Å². The molecule has 1 unspecified atom stereocenters. The minimum Gasteiger partial charge on any atom is -0.475 e. The Morgan fingerprint density at radius 2 is 1.97 bits per heavy atom. The highest BCUT2D eigenvalue weighted by atomic mass is 19.4. The van der Waals surface area contributed by atoms with E-state index in [9.17, 15) is 18.0 Å². The monoisotopic (exact) mass is 513 g/mol. The Balaban J connectivity index is 0.000000454. The van der Waals surface area contributed by atoms with Crippen LogP contribution in [0.4, 0.5) is 13.2 Å². The molecular weight excluding hydrogens is 483 g/mol. The van der Waals surface area contributed by atoms with E-state index in [0.29, 0.717) is 43.3 Å². The van der Waals surface area contributed by atoms with Gasteiger partial charge in [-0.05, 0) is 38.8 Å². The van der Waals surface area contributed by atoms with E-state index in [1.807, 2.05) is 36.9 Å². The number of aliphatic carboxylic acids is 1. The van der Waals surface area contributed by atoms with Gasteiger partial charge in [0.15, 0.2) is 0 Å². The summed E-state index contributed by atoms with van der Waals surface area (Å²) in [6, 6.07) is 5.97. The Morgan fingerprint density at radius 3 is 2.58 bits per heavy atom. The molecule has 2 aromatic heterocycles. The molecule has 0 aliphatic carbocycles. The number of amides is 1. The minimum atomic E-state index is -5.08. The predicted octanol–water partition coefficient (Wildman–Crippen LogP) is 3.86. The van der Waals surface area contributed by atoms with E-state index < -0.39 is 12.1 Å². The fraction of sp³-hybridized carbons (Fsp3) is 0.583. The Bertz CT molecular complexity index is 1070. The second-order valence-electron chi connectivity index (χ2n) is 9.01. The van der Waals surface area contributed by atoms with Crippen LogP contribution in [-0.4, -0.2) is 69.6 Å². The van der Waals surface area contributed by atoms with Crippen molar-refractivity contribution in [2.45, 2.75) is 70.9 Å². The highest BCUT2D eigenvalue weighted by Crippen LogP contribution is 2.37. The zero-order valence-electron chi connectivity index (χ0n) is 20.4. The number of alkyl halides is 3. The maximum absolute atomic E-state index is 13.0. The van der Waals surface area contributed by atoms with Crippen LogP contribution < -0.4 is 0 Å². The summed E-state index contributed by atoms with van der Waals surface area (Å²) < 4.78 is 49.3. The van der Waals surface area contributed by atoms with E-state index in [1.54, 1.807) is 0 Å². The molecule has 12 heteroatoms. The lowest BCUT2D eigenvalue weighted by Gasteiger charge is -2.53. The second-order valence-corrected chi connectivity index (χ2v) is 9.01. The maximum Gasteiger partial charge on any atom is 0.490 e. The number of aromatic nitrogens is 2. The number of hydrogen-bond donors (Lipinski definition) is 1. The van der Waals surface area contributed by atoms with Gasteiger partial charge < -0.3 is 24.0 Å². The smallest absolute Gasteiger partial charge is 0.475 e. The van der Waals surface area contributed by atoms with E-state index in [2.05, 4.69) is 17.1 Å². The van der Waals surface area contributed by atoms with Gasteiger partial charge in [-0.25, -0.2) is 4.79 Å². The topological polar surface area (TPSA) is 115 Å². The van der Waals surface area contributed by atoms with Crippen LogP contribution in [0.15, 0.2) is 22.7 Å². The molecule has 4 heterocycles. The standard InChI is InChI=1S/C22H29N3O4.C2HF3O2/c1-4-6-19-20(16(3)24-29-19)21(26)25-13-22(14-25)11-18(9-10-28-22)27-12-17-8-5-7-15(2)23-17;3-2(4,5)1(6)7/h5,7-8,18H,4,6,9-14H2,1-3H3;(H,6,7). The molecule has 0 bridgehead atoms. The number of carboxylic acids is 1. The molecule has 2 aliphatic rings. The third kappa shape index (κ3) is 6.82. The number of hydrogen-bond acceptors (Lipinski definition) is 7. The van der Waals surface area contributed by atoms with Crippen LogP contribution in [0.5, 0.6) is 0 Å². The van der Waals surface area contributed by atoms with Gasteiger partial charge in [-0.3, -0.25) is 9.78 Å². The van der Waals surface area contributed by atoms with Gasteiger partial charge in [-0.2, -0.15) is 13.2 Å². The number of carboxylic acid groups (broad SMARTS) is 1. The number of halogens is 3. The molecule has 1 amide bonds. The Morgan fingerprint density at radius 1 is 1.28 bits per heavy atom. The van der Waals surface area contributed by atoms with Gasteiger partial charge >= 0.3 is 12.1 Å². The van der Waals surface area contributed by atoms with Crippen molar-refractivity contribution in [1.82, 2.24) is 15.0 Å². The molecule has 0 saturated carbocycles. The molecule has 36 heavy (non-hydrogen) atoms. The Hall–Kier alpha value is -2.99. The summed E-state index contributed by atoms with van der Waals surface area (Å²) >= 11 is 0. The molecule has 4 rings (SSSR count). The highest BCUT2D eigenvalue weighted by molar-refractivity contribution is 5.96. The SMILES string of the molecule is CCCc1onc(C)c1C(=O)N1CC2(CC(OCc3cccc(C)n3)CCO2)C1.O=C(O)C(F)(F)F. The Kier molecular flexibility index (Phi) is 8.72. The first-order valence-corrected chi connectivity index (χ1v) is 11.7. The summed E-state index contributed by atoms with van der Waals surface area (Å²) in [7, 11) is 0. The molecule has 1 atom stereocenters. The number of carbonyl (C=O) groups is 2. The van der Waals surface area contributed by atoms with Gasteiger partial charge in [0.05, 0.1) is 37.2 Å². The zero-order valence-corrected chi connectivity index (χ0v) is 20.4. The van der Waals surface area contributed by atoms with Crippen molar-refractivity contribution >= 4 is 11.9 Å². The number of ether oxygens (including phenoxy) is 2. The molecule has 2 aromatic rings. The lowest BCUT2D eigenvalue weighted by Crippen LogP contribution is -2.67. The molecule has 9 nitrogen and oxygen atoms in total. The zero-order chi connectivity index (χ0) is 26.5. The van der Waals surface area contributed by atoms with Crippen molar-refractivity contribution in [1.29, 1.82) is 0 Å². The third-order valence-electron chi connectivity index (χ3n) is 5.97. The summed E-state index contributed by atoms with van der Waals surface area (Å²) in [4.78, 5) is 28.2. The van der Waals surface area contributed by atoms with Gasteiger partial charge in [0.2, 0.25) is 0 Å². The molecular formula is C24H30F3N3O6. The average Bonchev–Trinajstić information content (AvgIpc) is 3.16. The van der Waals surface area contributed by atoms with Gasteiger partial charge in [0, 0.05) is 25.1 Å². The minimum absolute atomic E-state index is 0.00609. The molecule has 1 N–H and O–H groups in total. The second kappa shape index (κ2) is 11.4. The summed E-state index contributed by atoms with van der Waals surface area (Å²) in [5, 5.41) is 11.1. The lowest BCUT2D eigenvalue weighted by molar-refractivity contribution is -0.192.